The van der Waals surface area contributed by atoms with Crippen LogP contribution in [0.3, 0.4) is 0 Å². The van der Waals surface area contributed by atoms with Crippen molar-refractivity contribution in [3.05, 3.63) is 119 Å². The van der Waals surface area contributed by atoms with Crippen LogP contribution in [0.2, 0.25) is 0 Å². The Labute approximate surface area is 281 Å². The van der Waals surface area contributed by atoms with Crippen LogP contribution in [0.25, 0.3) is 0 Å². The number of hydrogen-bond donors (Lipinski definition) is 2. The molecule has 2 N–H and O–H groups in total. The first-order valence-corrected chi connectivity index (χ1v) is 16.1. The van der Waals surface area contributed by atoms with E-state index in [2.05, 4.69) is 15.5 Å². The summed E-state index contributed by atoms with van der Waals surface area (Å²) in [6.07, 6.45) is -1.15. The normalized spacial score (nSPS) is 25.8. The van der Waals surface area contributed by atoms with Crippen molar-refractivity contribution in [1.29, 1.82) is 0 Å². The zero-order chi connectivity index (χ0) is 33.8. The Morgan fingerprint density at radius 2 is 1.12 bits per heavy atom. The molecular formula is C38H41N5O5. The van der Waals surface area contributed by atoms with E-state index in [1.165, 1.54) is 0 Å². The van der Waals surface area contributed by atoms with Crippen molar-refractivity contribution in [1.82, 2.24) is 4.90 Å². The van der Waals surface area contributed by atoms with E-state index in [1.807, 2.05) is 149 Å². The summed E-state index contributed by atoms with van der Waals surface area (Å²) in [5.74, 6) is -0.377. The molecule has 4 aromatic rings. The monoisotopic (exact) mass is 647 g/mol. The lowest BCUT2D eigenvalue weighted by Crippen LogP contribution is -2.40. The number of hydrogen-bond acceptors (Lipinski definition) is 8. The van der Waals surface area contributed by atoms with E-state index in [0.29, 0.717) is 29.1 Å². The Morgan fingerprint density at radius 3 is 1.58 bits per heavy atom. The quantitative estimate of drug-likeness (QED) is 0.247. The van der Waals surface area contributed by atoms with Crippen LogP contribution in [-0.2, 0) is 25.4 Å². The molecule has 48 heavy (non-hydrogen) atoms. The number of carbonyl (C=O) groups excluding carboxylic acids is 2. The number of nitrogens with one attached hydrogen (secondary N) is 2. The maximum atomic E-state index is 13.1. The first kappa shape index (κ1) is 31.8. The topological polar surface area (TPSA) is 95.6 Å². The third kappa shape index (κ3) is 5.50. The summed E-state index contributed by atoms with van der Waals surface area (Å²) in [5, 5.41) is 6.08. The molecule has 0 saturated carbocycles. The average molecular weight is 648 g/mol. The van der Waals surface area contributed by atoms with E-state index in [-0.39, 0.29) is 18.0 Å². The number of amides is 2. The van der Waals surface area contributed by atoms with Crippen molar-refractivity contribution in [3.8, 4) is 0 Å². The number of nitrogens with zero attached hydrogens (tertiary/aromatic N) is 3. The van der Waals surface area contributed by atoms with Crippen LogP contribution in [0.15, 0.2) is 97.1 Å². The number of anilines is 4. The first-order valence-electron chi connectivity index (χ1n) is 16.1. The van der Waals surface area contributed by atoms with Crippen LogP contribution in [0, 0.1) is 0 Å². The van der Waals surface area contributed by atoms with E-state index < -0.39 is 23.7 Å². The average Bonchev–Trinajstić information content (AvgIpc) is 3.73. The molecule has 10 nitrogen and oxygen atoms in total. The van der Waals surface area contributed by atoms with Gasteiger partial charge in [0.05, 0.1) is 6.61 Å². The van der Waals surface area contributed by atoms with Gasteiger partial charge in [0.2, 0.25) is 0 Å². The SMILES string of the molecule is CN(C)c1ccc(C(=O)Nc2cccc([C@]3(C)O[C@H]4CO[C@@H]5N4[C@H]3O[C@@]5(C)c3cccc(NC(=O)c4ccc(N(C)C)cc4)c3)c2)cc1. The second-order valence-electron chi connectivity index (χ2n) is 13.3. The molecule has 5 atom stereocenters. The highest BCUT2D eigenvalue weighted by Crippen LogP contribution is 2.56. The molecule has 10 heteroatoms. The van der Waals surface area contributed by atoms with E-state index in [0.717, 1.165) is 22.5 Å². The van der Waals surface area contributed by atoms with E-state index in [1.54, 1.807) is 0 Å². The zero-order valence-electron chi connectivity index (χ0n) is 28.1. The Hall–Kier alpha value is -4.74. The fraction of sp³-hybridized carbons (Fsp3) is 0.316. The van der Waals surface area contributed by atoms with Crippen LogP contribution in [0.5, 0.6) is 0 Å². The molecule has 7 rings (SSSR count). The van der Waals surface area contributed by atoms with Crippen molar-refractivity contribution < 1.29 is 23.8 Å². The molecule has 0 aromatic heterocycles. The third-order valence-electron chi connectivity index (χ3n) is 9.63. The largest absolute Gasteiger partial charge is 0.378 e. The molecule has 0 aliphatic carbocycles. The van der Waals surface area contributed by atoms with Crippen molar-refractivity contribution in [3.63, 3.8) is 0 Å². The first-order chi connectivity index (χ1) is 23.0. The van der Waals surface area contributed by atoms with Crippen molar-refractivity contribution in [2.45, 2.75) is 43.7 Å². The van der Waals surface area contributed by atoms with Gasteiger partial charge < -0.3 is 34.6 Å². The van der Waals surface area contributed by atoms with Crippen LogP contribution >= 0.6 is 0 Å². The Morgan fingerprint density at radius 1 is 0.667 bits per heavy atom. The number of rotatable bonds is 8. The van der Waals surface area contributed by atoms with Crippen LogP contribution in [0.4, 0.5) is 22.7 Å². The third-order valence-corrected chi connectivity index (χ3v) is 9.63. The fourth-order valence-corrected chi connectivity index (χ4v) is 6.86. The van der Waals surface area contributed by atoms with E-state index >= 15 is 0 Å². The summed E-state index contributed by atoms with van der Waals surface area (Å²) in [4.78, 5) is 32.4. The minimum Gasteiger partial charge on any atom is -0.378 e. The lowest BCUT2D eigenvalue weighted by Gasteiger charge is -2.33. The van der Waals surface area contributed by atoms with Crippen molar-refractivity contribution >= 4 is 34.6 Å². The molecule has 248 valence electrons. The second-order valence-corrected chi connectivity index (χ2v) is 13.3. The molecular weight excluding hydrogens is 606 g/mol. The van der Waals surface area contributed by atoms with E-state index in [9.17, 15) is 9.59 Å². The highest BCUT2D eigenvalue weighted by molar-refractivity contribution is 6.05. The smallest absolute Gasteiger partial charge is 0.255 e. The van der Waals surface area contributed by atoms with Crippen LogP contribution in [-0.4, -0.2) is 70.2 Å². The van der Waals surface area contributed by atoms with Gasteiger partial charge in [-0.3, -0.25) is 9.59 Å². The lowest BCUT2D eigenvalue weighted by molar-refractivity contribution is -0.138. The van der Waals surface area contributed by atoms with Gasteiger partial charge in [0.15, 0.2) is 0 Å². The highest BCUT2D eigenvalue weighted by atomic mass is 16.7. The van der Waals surface area contributed by atoms with Gasteiger partial charge in [0, 0.05) is 62.1 Å². The molecule has 0 bridgehead atoms. The molecule has 3 aliphatic heterocycles. The summed E-state index contributed by atoms with van der Waals surface area (Å²) in [6, 6.07) is 30.4. The summed E-state index contributed by atoms with van der Waals surface area (Å²) < 4.78 is 19.9. The second kappa shape index (κ2) is 12.1. The maximum absolute atomic E-state index is 13.1. The Bertz CT molecular complexity index is 1740. The van der Waals surface area contributed by atoms with Gasteiger partial charge in [-0.25, -0.2) is 4.90 Å². The molecule has 2 amide bonds. The van der Waals surface area contributed by atoms with E-state index in [4.69, 9.17) is 14.2 Å². The van der Waals surface area contributed by atoms with Gasteiger partial charge in [0.25, 0.3) is 11.8 Å². The van der Waals surface area contributed by atoms with Gasteiger partial charge in [-0.1, -0.05) is 24.3 Å². The van der Waals surface area contributed by atoms with Crippen molar-refractivity contribution in [2.75, 3.05) is 55.2 Å². The molecule has 3 heterocycles. The predicted octanol–water partition coefficient (Wildman–Crippen LogP) is 5.82. The molecule has 0 unspecified atom stereocenters. The van der Waals surface area contributed by atoms with Gasteiger partial charge >= 0.3 is 0 Å². The molecule has 3 fully saturated rings. The summed E-state index contributed by atoms with van der Waals surface area (Å²) in [7, 11) is 7.86. The Balaban J connectivity index is 1.10. The standard InChI is InChI=1S/C38H41N5O5/c1-37(26-9-7-11-28(21-26)39-33(44)24-13-17-30(18-14-24)41(3)4)35-43-32(23-46-35)47-38(2,36(43)48-37)27-10-8-12-29(22-27)40-34(45)25-15-19-31(20-16-25)42(5)6/h7-22,32,35-36H,23H2,1-6H3,(H,39,44)(H,40,45)/t32-,35-,36-,37-,38-/m0/s1. The van der Waals surface area contributed by atoms with Crippen LogP contribution < -0.4 is 20.4 Å². The van der Waals surface area contributed by atoms with Gasteiger partial charge in [-0.05, 0) is 97.8 Å². The lowest BCUT2D eigenvalue weighted by atomic mass is 9.93. The van der Waals surface area contributed by atoms with Gasteiger partial charge in [-0.15, -0.1) is 0 Å². The molecule has 0 radical (unpaired) electrons. The Kier molecular flexibility index (Phi) is 7.99. The highest BCUT2D eigenvalue weighted by Gasteiger charge is 2.68. The number of carbonyl (C=O) groups is 2. The molecule has 3 aliphatic rings. The fourth-order valence-electron chi connectivity index (χ4n) is 6.86. The van der Waals surface area contributed by atoms with Gasteiger partial charge in [0.1, 0.15) is 29.9 Å². The zero-order valence-corrected chi connectivity index (χ0v) is 28.1. The number of ether oxygens (including phenoxy) is 3. The van der Waals surface area contributed by atoms with Crippen LogP contribution in [0.1, 0.15) is 45.7 Å². The van der Waals surface area contributed by atoms with Crippen molar-refractivity contribution in [2.24, 2.45) is 0 Å². The predicted molar refractivity (Wildman–Crippen MR) is 186 cm³/mol. The summed E-state index contributed by atoms with van der Waals surface area (Å²) in [6.45, 7) is 4.45. The van der Waals surface area contributed by atoms with Gasteiger partial charge in [-0.2, -0.15) is 0 Å². The summed E-state index contributed by atoms with van der Waals surface area (Å²) in [5.41, 5.74) is 4.60. The molecule has 0 spiro atoms. The maximum Gasteiger partial charge on any atom is 0.255 e. The minimum absolute atomic E-state index is 0.189. The number of benzene rings is 4. The molecule has 3 saturated heterocycles. The molecule has 4 aromatic carbocycles. The minimum atomic E-state index is -0.844. The summed E-state index contributed by atoms with van der Waals surface area (Å²) >= 11 is 0.